The predicted molar refractivity (Wildman–Crippen MR) is 111 cm³/mol. The smallest absolute Gasteiger partial charge is 0.254 e. The van der Waals surface area contributed by atoms with Crippen LogP contribution >= 0.6 is 11.6 Å². The lowest BCUT2D eigenvalue weighted by Crippen LogP contribution is -2.35. The largest absolute Gasteiger partial charge is 0.350 e. The van der Waals surface area contributed by atoms with E-state index in [-0.39, 0.29) is 24.6 Å². The third-order valence-electron chi connectivity index (χ3n) is 4.56. The van der Waals surface area contributed by atoms with Crippen LogP contribution in [0.3, 0.4) is 0 Å². The van der Waals surface area contributed by atoms with Crippen molar-refractivity contribution >= 4 is 23.4 Å². The quantitative estimate of drug-likeness (QED) is 0.599. The minimum Gasteiger partial charge on any atom is -0.350 e. The predicted octanol–water partition coefficient (Wildman–Crippen LogP) is 4.05. The molecule has 0 spiro atoms. The molecule has 150 valence electrons. The number of aromatic nitrogens is 1. The molecule has 0 fully saturated rings. The molecule has 2 aromatic carbocycles. The van der Waals surface area contributed by atoms with Crippen molar-refractivity contribution in [1.29, 1.82) is 0 Å². The fourth-order valence-electron chi connectivity index (χ4n) is 3.19. The first-order valence-electron chi connectivity index (χ1n) is 9.14. The minimum absolute atomic E-state index is 0.0242. The van der Waals surface area contributed by atoms with Gasteiger partial charge in [-0.15, -0.1) is 0 Å². The van der Waals surface area contributed by atoms with Gasteiger partial charge in [0.1, 0.15) is 5.82 Å². The Morgan fingerprint density at radius 3 is 2.24 bits per heavy atom. The molecule has 0 aliphatic carbocycles. The summed E-state index contributed by atoms with van der Waals surface area (Å²) in [7, 11) is 0. The van der Waals surface area contributed by atoms with Crippen molar-refractivity contribution < 1.29 is 14.0 Å². The highest BCUT2D eigenvalue weighted by molar-refractivity contribution is 6.30. The molecular weight excluding hydrogens is 393 g/mol. The van der Waals surface area contributed by atoms with Crippen LogP contribution in [0, 0.1) is 19.7 Å². The molecular formula is C22H21ClFN3O2. The van der Waals surface area contributed by atoms with Crippen LogP contribution in [0.25, 0.3) is 5.69 Å². The molecule has 0 unspecified atom stereocenters. The van der Waals surface area contributed by atoms with Crippen molar-refractivity contribution in [2.24, 2.45) is 0 Å². The molecule has 0 saturated carbocycles. The molecule has 0 saturated heterocycles. The Bertz CT molecular complexity index is 1060. The molecule has 3 aromatic rings. The third kappa shape index (κ3) is 4.66. The summed E-state index contributed by atoms with van der Waals surface area (Å²) in [5.41, 5.74) is 3.09. The average molecular weight is 414 g/mol. The Balaban J connectivity index is 1.61. The van der Waals surface area contributed by atoms with Gasteiger partial charge in [-0.3, -0.25) is 9.59 Å². The summed E-state index contributed by atoms with van der Waals surface area (Å²) in [5, 5.41) is 5.99. The van der Waals surface area contributed by atoms with Gasteiger partial charge in [-0.05, 0) is 50.2 Å². The topological polar surface area (TPSA) is 63.1 Å². The second-order valence-corrected chi connectivity index (χ2v) is 7.03. The molecule has 0 bridgehead atoms. The number of amides is 2. The van der Waals surface area contributed by atoms with E-state index >= 15 is 0 Å². The molecule has 0 aliphatic heterocycles. The minimum atomic E-state index is -0.581. The maximum absolute atomic E-state index is 13.6. The van der Waals surface area contributed by atoms with Crippen LogP contribution in [-0.4, -0.2) is 29.5 Å². The summed E-state index contributed by atoms with van der Waals surface area (Å²) in [4.78, 5) is 24.6. The summed E-state index contributed by atoms with van der Waals surface area (Å²) in [6.07, 6.45) is 0. The number of carbonyl (C=O) groups excluding carboxylic acids is 2. The van der Waals surface area contributed by atoms with E-state index in [9.17, 15) is 14.0 Å². The zero-order chi connectivity index (χ0) is 21.0. The SMILES string of the molecule is Cc1cc(C(=O)NCCNC(=O)c2ccccc2F)c(C)n1-c1cccc(Cl)c1. The molecule has 0 atom stereocenters. The van der Waals surface area contributed by atoms with E-state index in [1.54, 1.807) is 12.1 Å². The molecule has 0 aliphatic rings. The standard InChI is InChI=1S/C22H21ClFN3O2/c1-14-12-19(15(2)27(14)17-7-5-6-16(23)13-17)22(29)26-11-10-25-21(28)18-8-3-4-9-20(18)24/h3-9,12-13H,10-11H2,1-2H3,(H,25,28)(H,26,29). The summed E-state index contributed by atoms with van der Waals surface area (Å²) in [5.74, 6) is -1.34. The van der Waals surface area contributed by atoms with Gasteiger partial charge < -0.3 is 15.2 Å². The van der Waals surface area contributed by atoms with Crippen LogP contribution in [0.1, 0.15) is 32.1 Å². The van der Waals surface area contributed by atoms with E-state index in [1.807, 2.05) is 42.7 Å². The maximum atomic E-state index is 13.6. The van der Waals surface area contributed by atoms with Gasteiger partial charge in [0.15, 0.2) is 0 Å². The number of nitrogens with zero attached hydrogens (tertiary/aromatic N) is 1. The Hall–Kier alpha value is -3.12. The normalized spacial score (nSPS) is 10.6. The van der Waals surface area contributed by atoms with E-state index in [2.05, 4.69) is 10.6 Å². The zero-order valence-corrected chi connectivity index (χ0v) is 16.9. The van der Waals surface area contributed by atoms with Gasteiger partial charge in [0.25, 0.3) is 11.8 Å². The summed E-state index contributed by atoms with van der Waals surface area (Å²) in [6.45, 7) is 4.19. The van der Waals surface area contributed by atoms with Crippen LogP contribution in [0.5, 0.6) is 0 Å². The van der Waals surface area contributed by atoms with Gasteiger partial charge in [-0.25, -0.2) is 4.39 Å². The number of carbonyl (C=O) groups is 2. The number of halogens is 2. The molecule has 0 radical (unpaired) electrons. The van der Waals surface area contributed by atoms with Crippen LogP contribution in [0.2, 0.25) is 5.02 Å². The summed E-state index contributed by atoms with van der Waals surface area (Å²) in [6, 6.07) is 15.0. The first kappa shape index (κ1) is 20.6. The lowest BCUT2D eigenvalue weighted by atomic mass is 10.2. The van der Waals surface area contributed by atoms with Crippen LogP contribution in [0.4, 0.5) is 4.39 Å². The van der Waals surface area contributed by atoms with Crippen molar-refractivity contribution in [3.63, 3.8) is 0 Å². The number of rotatable bonds is 6. The van der Waals surface area contributed by atoms with Gasteiger partial charge >= 0.3 is 0 Å². The molecule has 1 heterocycles. The van der Waals surface area contributed by atoms with Crippen molar-refractivity contribution in [2.45, 2.75) is 13.8 Å². The number of hydrogen-bond donors (Lipinski definition) is 2. The first-order chi connectivity index (χ1) is 13.9. The second kappa shape index (κ2) is 8.92. The maximum Gasteiger partial charge on any atom is 0.254 e. The van der Waals surface area contributed by atoms with E-state index in [1.165, 1.54) is 18.2 Å². The Kier molecular flexibility index (Phi) is 6.34. The molecule has 5 nitrogen and oxygen atoms in total. The number of aryl methyl sites for hydroxylation is 1. The lowest BCUT2D eigenvalue weighted by Gasteiger charge is -2.11. The third-order valence-corrected chi connectivity index (χ3v) is 4.79. The van der Waals surface area contributed by atoms with Gasteiger partial charge in [-0.1, -0.05) is 29.8 Å². The number of benzene rings is 2. The van der Waals surface area contributed by atoms with Crippen molar-refractivity contribution in [1.82, 2.24) is 15.2 Å². The van der Waals surface area contributed by atoms with E-state index in [4.69, 9.17) is 11.6 Å². The summed E-state index contributed by atoms with van der Waals surface area (Å²) >= 11 is 6.08. The van der Waals surface area contributed by atoms with Gasteiger partial charge in [0.05, 0.1) is 11.1 Å². The highest BCUT2D eigenvalue weighted by atomic mass is 35.5. The highest BCUT2D eigenvalue weighted by Gasteiger charge is 2.17. The lowest BCUT2D eigenvalue weighted by molar-refractivity contribution is 0.0925. The van der Waals surface area contributed by atoms with Gasteiger partial charge in [0.2, 0.25) is 0 Å². The average Bonchev–Trinajstić information content (AvgIpc) is 2.99. The molecule has 2 N–H and O–H groups in total. The molecule has 2 amide bonds. The van der Waals surface area contributed by atoms with Gasteiger partial charge in [-0.2, -0.15) is 0 Å². The summed E-state index contributed by atoms with van der Waals surface area (Å²) < 4.78 is 15.6. The monoisotopic (exact) mass is 413 g/mol. The molecule has 29 heavy (non-hydrogen) atoms. The van der Waals surface area contributed by atoms with Crippen LogP contribution in [-0.2, 0) is 0 Å². The van der Waals surface area contributed by atoms with E-state index in [0.29, 0.717) is 10.6 Å². The number of hydrogen-bond acceptors (Lipinski definition) is 2. The molecule has 7 heteroatoms. The van der Waals surface area contributed by atoms with Crippen LogP contribution in [0.15, 0.2) is 54.6 Å². The molecule has 1 aromatic heterocycles. The van der Waals surface area contributed by atoms with Crippen molar-refractivity contribution in [3.8, 4) is 5.69 Å². The second-order valence-electron chi connectivity index (χ2n) is 6.59. The van der Waals surface area contributed by atoms with Crippen molar-refractivity contribution in [2.75, 3.05) is 13.1 Å². The fraction of sp³-hybridized carbons (Fsp3) is 0.182. The Morgan fingerprint density at radius 1 is 0.931 bits per heavy atom. The zero-order valence-electron chi connectivity index (χ0n) is 16.1. The van der Waals surface area contributed by atoms with E-state index in [0.717, 1.165) is 17.1 Å². The van der Waals surface area contributed by atoms with E-state index < -0.39 is 11.7 Å². The first-order valence-corrected chi connectivity index (χ1v) is 9.52. The van der Waals surface area contributed by atoms with Crippen LogP contribution < -0.4 is 10.6 Å². The fourth-order valence-corrected chi connectivity index (χ4v) is 3.38. The van der Waals surface area contributed by atoms with Gasteiger partial charge in [0, 0.05) is 35.2 Å². The number of nitrogens with one attached hydrogen (secondary N) is 2. The van der Waals surface area contributed by atoms with Crippen molar-refractivity contribution in [3.05, 3.63) is 88.0 Å². The molecule has 3 rings (SSSR count). The highest BCUT2D eigenvalue weighted by Crippen LogP contribution is 2.23. The Labute approximate surface area is 173 Å². The Morgan fingerprint density at radius 2 is 1.59 bits per heavy atom.